The fourth-order valence-corrected chi connectivity index (χ4v) is 4.73. The molecule has 0 spiro atoms. The number of nitrogens with zero attached hydrogens (tertiary/aromatic N) is 2. The monoisotopic (exact) mass is 468 g/mol. The molecule has 8 nitrogen and oxygen atoms in total. The summed E-state index contributed by atoms with van der Waals surface area (Å²) in [6.07, 6.45) is 1.13. The highest BCUT2D eigenvalue weighted by Crippen LogP contribution is 2.33. The fraction of sp³-hybridized carbons (Fsp3) is 0.381. The highest BCUT2D eigenvalue weighted by molar-refractivity contribution is 7.90. The molecule has 168 valence electrons. The minimum Gasteiger partial charge on any atom is -0.493 e. The molecule has 0 aliphatic carbocycles. The maximum Gasteiger partial charge on any atom is 0.329 e. The zero-order valence-electron chi connectivity index (χ0n) is 17.5. The lowest BCUT2D eigenvalue weighted by Gasteiger charge is -2.20. The molecule has 0 unspecified atom stereocenters. The van der Waals surface area contributed by atoms with Crippen LogP contribution in [0.5, 0.6) is 11.5 Å². The Labute approximate surface area is 185 Å². The topological polar surface area (TPSA) is 99.8 Å². The molecular formula is C21H25ClN2O6S. The van der Waals surface area contributed by atoms with Crippen LogP contribution in [0.4, 0.5) is 0 Å². The maximum absolute atomic E-state index is 13.3. The van der Waals surface area contributed by atoms with Crippen molar-refractivity contribution in [1.82, 2.24) is 9.13 Å². The molecule has 0 bridgehead atoms. The number of benzene rings is 2. The van der Waals surface area contributed by atoms with Crippen molar-refractivity contribution in [3.05, 3.63) is 57.5 Å². The highest BCUT2D eigenvalue weighted by Gasteiger charge is 2.26. The number of ether oxygens (including phenoxy) is 2. The summed E-state index contributed by atoms with van der Waals surface area (Å²) < 4.78 is 38.4. The summed E-state index contributed by atoms with van der Waals surface area (Å²) in [4.78, 5) is 13.3. The first-order valence-corrected chi connectivity index (χ1v) is 12.1. The third-order valence-corrected chi connectivity index (χ3v) is 6.05. The number of aliphatic hydroxyl groups excluding tert-OH is 1. The normalized spacial score (nSPS) is 12.8. The second kappa shape index (κ2) is 9.33. The van der Waals surface area contributed by atoms with Crippen molar-refractivity contribution in [2.24, 2.45) is 0 Å². The molecule has 1 N–H and O–H groups in total. The summed E-state index contributed by atoms with van der Waals surface area (Å²) in [5.74, 6) is 0.660. The van der Waals surface area contributed by atoms with Gasteiger partial charge < -0.3 is 14.6 Å². The van der Waals surface area contributed by atoms with Gasteiger partial charge in [-0.3, -0.25) is 9.13 Å². The molecule has 0 aliphatic heterocycles. The van der Waals surface area contributed by atoms with E-state index in [2.05, 4.69) is 0 Å². The summed E-state index contributed by atoms with van der Waals surface area (Å²) >= 11 is 6.13. The summed E-state index contributed by atoms with van der Waals surface area (Å²) in [6.45, 7) is 2.03. The number of imidazole rings is 1. The fourth-order valence-electron chi connectivity index (χ4n) is 3.65. The Morgan fingerprint density at radius 2 is 1.87 bits per heavy atom. The van der Waals surface area contributed by atoms with Crippen LogP contribution in [0.2, 0.25) is 5.02 Å². The third-order valence-electron chi connectivity index (χ3n) is 4.89. The minimum atomic E-state index is -3.47. The molecule has 1 atom stereocenters. The smallest absolute Gasteiger partial charge is 0.329 e. The van der Waals surface area contributed by atoms with Crippen LogP contribution < -0.4 is 15.2 Å². The summed E-state index contributed by atoms with van der Waals surface area (Å²) in [7, 11) is -1.96. The van der Waals surface area contributed by atoms with Crippen LogP contribution in [-0.4, -0.2) is 55.0 Å². The number of methoxy groups -OCH3 is 1. The number of aliphatic hydroxyl groups is 1. The van der Waals surface area contributed by atoms with E-state index in [0.717, 1.165) is 6.26 Å². The molecule has 0 radical (unpaired) electrons. The molecule has 0 saturated carbocycles. The SMILES string of the molecule is CCOc1cc([C@@H](CS(C)(=O)=O)n2c(=O)n(CCO)c3cc(Cl)ccc32)ccc1OC. The molecule has 2 aromatic carbocycles. The Bertz CT molecular complexity index is 1250. The molecule has 0 aliphatic rings. The van der Waals surface area contributed by atoms with Gasteiger partial charge in [0.1, 0.15) is 9.84 Å². The average molecular weight is 469 g/mol. The summed E-state index contributed by atoms with van der Waals surface area (Å²) in [6, 6.07) is 9.21. The van der Waals surface area contributed by atoms with Crippen LogP contribution >= 0.6 is 11.6 Å². The van der Waals surface area contributed by atoms with Gasteiger partial charge in [-0.15, -0.1) is 0 Å². The third kappa shape index (κ3) is 4.89. The van der Waals surface area contributed by atoms with E-state index in [1.165, 1.54) is 16.2 Å². The second-order valence-electron chi connectivity index (χ2n) is 7.11. The molecule has 0 fully saturated rings. The molecule has 0 saturated heterocycles. The van der Waals surface area contributed by atoms with Crippen molar-refractivity contribution in [2.75, 3.05) is 32.3 Å². The molecule has 0 amide bonds. The van der Waals surface area contributed by atoms with E-state index in [4.69, 9.17) is 21.1 Å². The van der Waals surface area contributed by atoms with Crippen LogP contribution in [0, 0.1) is 0 Å². The molecule has 3 aromatic rings. The number of aromatic nitrogens is 2. The van der Waals surface area contributed by atoms with Crippen LogP contribution in [0.1, 0.15) is 18.5 Å². The second-order valence-corrected chi connectivity index (χ2v) is 9.73. The lowest BCUT2D eigenvalue weighted by molar-refractivity contribution is 0.275. The number of hydrogen-bond donors (Lipinski definition) is 1. The van der Waals surface area contributed by atoms with E-state index < -0.39 is 21.6 Å². The van der Waals surface area contributed by atoms with Gasteiger partial charge in [-0.2, -0.15) is 0 Å². The number of halogens is 1. The summed E-state index contributed by atoms with van der Waals surface area (Å²) in [5.41, 5.74) is 1.18. The zero-order valence-corrected chi connectivity index (χ0v) is 19.1. The highest BCUT2D eigenvalue weighted by atomic mass is 35.5. The average Bonchev–Trinajstić information content (AvgIpc) is 2.97. The molecular weight excluding hydrogens is 444 g/mol. The van der Waals surface area contributed by atoms with Gasteiger partial charge in [0.15, 0.2) is 11.5 Å². The van der Waals surface area contributed by atoms with Crippen molar-refractivity contribution in [2.45, 2.75) is 19.5 Å². The maximum atomic E-state index is 13.3. The van der Waals surface area contributed by atoms with Gasteiger partial charge in [-0.05, 0) is 42.8 Å². The van der Waals surface area contributed by atoms with Crippen molar-refractivity contribution in [3.8, 4) is 11.5 Å². The van der Waals surface area contributed by atoms with Gasteiger partial charge in [0, 0.05) is 11.3 Å². The van der Waals surface area contributed by atoms with Gasteiger partial charge in [0.2, 0.25) is 0 Å². The van der Waals surface area contributed by atoms with E-state index in [9.17, 15) is 18.3 Å². The first kappa shape index (κ1) is 23.2. The summed E-state index contributed by atoms with van der Waals surface area (Å²) in [5, 5.41) is 9.88. The van der Waals surface area contributed by atoms with Gasteiger partial charge >= 0.3 is 5.69 Å². The van der Waals surface area contributed by atoms with Crippen molar-refractivity contribution < 1.29 is 23.0 Å². The van der Waals surface area contributed by atoms with Crippen molar-refractivity contribution in [3.63, 3.8) is 0 Å². The first-order valence-electron chi connectivity index (χ1n) is 9.69. The van der Waals surface area contributed by atoms with Gasteiger partial charge in [-0.25, -0.2) is 13.2 Å². The van der Waals surface area contributed by atoms with Crippen LogP contribution in [0.3, 0.4) is 0 Å². The van der Waals surface area contributed by atoms with E-state index >= 15 is 0 Å². The molecule has 1 aromatic heterocycles. The minimum absolute atomic E-state index is 0.0566. The zero-order chi connectivity index (χ0) is 22.8. The Morgan fingerprint density at radius 1 is 1.13 bits per heavy atom. The van der Waals surface area contributed by atoms with Crippen LogP contribution in [-0.2, 0) is 16.4 Å². The van der Waals surface area contributed by atoms with Gasteiger partial charge in [0.05, 0.1) is 49.7 Å². The molecule has 10 heteroatoms. The van der Waals surface area contributed by atoms with E-state index in [-0.39, 0.29) is 18.9 Å². The number of sulfone groups is 1. The Hall–Kier alpha value is -2.49. The molecule has 31 heavy (non-hydrogen) atoms. The Kier molecular flexibility index (Phi) is 6.98. The quantitative estimate of drug-likeness (QED) is 0.518. The first-order chi connectivity index (χ1) is 14.7. The predicted octanol–water partition coefficient (Wildman–Crippen LogP) is 2.49. The molecule has 3 rings (SSSR count). The number of rotatable bonds is 9. The molecule has 1 heterocycles. The Morgan fingerprint density at radius 3 is 2.48 bits per heavy atom. The number of hydrogen-bond acceptors (Lipinski definition) is 6. The number of fused-ring (bicyclic) bond motifs is 1. The largest absolute Gasteiger partial charge is 0.493 e. The van der Waals surface area contributed by atoms with Crippen molar-refractivity contribution >= 4 is 32.5 Å². The van der Waals surface area contributed by atoms with Gasteiger partial charge in [-0.1, -0.05) is 17.7 Å². The van der Waals surface area contributed by atoms with E-state index in [1.807, 2.05) is 6.92 Å². The predicted molar refractivity (Wildman–Crippen MR) is 120 cm³/mol. The van der Waals surface area contributed by atoms with Crippen molar-refractivity contribution in [1.29, 1.82) is 0 Å². The van der Waals surface area contributed by atoms with Crippen LogP contribution in [0.15, 0.2) is 41.2 Å². The van der Waals surface area contributed by atoms with E-state index in [1.54, 1.807) is 36.4 Å². The van der Waals surface area contributed by atoms with Crippen LogP contribution in [0.25, 0.3) is 11.0 Å². The Balaban J connectivity index is 2.31. The van der Waals surface area contributed by atoms with E-state index in [0.29, 0.717) is 39.7 Å². The standard InChI is InChI=1S/C21H25ClN2O6S/c1-4-30-20-11-14(5-8-19(20)29-2)18(13-31(3,27)28)24-16-7-6-15(22)12-17(16)23(9-10-25)21(24)26/h5-8,11-12,18,25H,4,9-10,13H2,1-3H3/t18-/m1/s1. The lowest BCUT2D eigenvalue weighted by atomic mass is 10.1. The van der Waals surface area contributed by atoms with Gasteiger partial charge in [0.25, 0.3) is 0 Å². The lowest BCUT2D eigenvalue weighted by Crippen LogP contribution is -2.32.